The molecule has 1 saturated carbocycles. The Morgan fingerprint density at radius 3 is 2.58 bits per heavy atom. The molecule has 0 saturated heterocycles. The van der Waals surface area contributed by atoms with Gasteiger partial charge in [0.15, 0.2) is 0 Å². The molecule has 0 aromatic carbocycles. The van der Waals surface area contributed by atoms with Crippen molar-refractivity contribution in [3.8, 4) is 0 Å². The molecule has 1 atom stereocenters. The molecule has 19 heavy (non-hydrogen) atoms. The van der Waals surface area contributed by atoms with E-state index in [1.807, 2.05) is 0 Å². The van der Waals surface area contributed by atoms with E-state index in [1.165, 1.54) is 18.6 Å². The van der Waals surface area contributed by atoms with Crippen molar-refractivity contribution in [1.82, 2.24) is 15.3 Å². The molecule has 0 aliphatic heterocycles. The topological polar surface area (TPSA) is 92.2 Å². The summed E-state index contributed by atoms with van der Waals surface area (Å²) in [6, 6.07) is -0.838. The summed E-state index contributed by atoms with van der Waals surface area (Å²) in [4.78, 5) is 30.9. The van der Waals surface area contributed by atoms with Gasteiger partial charge in [-0.1, -0.05) is 19.3 Å². The lowest BCUT2D eigenvalue weighted by molar-refractivity contribution is -0.141. The predicted octanol–water partition coefficient (Wildman–Crippen LogP) is 1.24. The molecule has 102 valence electrons. The Hall–Kier alpha value is -1.98. The van der Waals surface area contributed by atoms with Crippen molar-refractivity contribution in [2.75, 3.05) is 0 Å². The fourth-order valence-corrected chi connectivity index (χ4v) is 2.48. The molecule has 1 fully saturated rings. The number of carboxylic acids is 1. The van der Waals surface area contributed by atoms with Gasteiger partial charge in [-0.15, -0.1) is 0 Å². The summed E-state index contributed by atoms with van der Waals surface area (Å²) in [7, 11) is 0. The molecule has 0 spiro atoms. The van der Waals surface area contributed by atoms with Gasteiger partial charge in [-0.3, -0.25) is 9.78 Å². The van der Waals surface area contributed by atoms with Gasteiger partial charge < -0.3 is 10.4 Å². The van der Waals surface area contributed by atoms with E-state index >= 15 is 0 Å². The third-order valence-electron chi connectivity index (χ3n) is 3.47. The molecule has 1 aromatic rings. The normalized spacial score (nSPS) is 17.7. The van der Waals surface area contributed by atoms with Crippen LogP contribution in [0.1, 0.15) is 42.6 Å². The lowest BCUT2D eigenvalue weighted by Gasteiger charge is -2.27. The molecule has 1 heterocycles. The molecule has 6 heteroatoms. The van der Waals surface area contributed by atoms with Gasteiger partial charge in [0.25, 0.3) is 5.91 Å². The molecule has 1 aromatic heterocycles. The summed E-state index contributed by atoms with van der Waals surface area (Å²) in [6.45, 7) is 0. The molecule has 1 aliphatic carbocycles. The molecular weight excluding hydrogens is 246 g/mol. The van der Waals surface area contributed by atoms with Gasteiger partial charge in [0, 0.05) is 12.4 Å². The van der Waals surface area contributed by atoms with Gasteiger partial charge in [-0.25, -0.2) is 9.78 Å². The predicted molar refractivity (Wildman–Crippen MR) is 67.5 cm³/mol. The maximum Gasteiger partial charge on any atom is 0.326 e. The van der Waals surface area contributed by atoms with Crippen molar-refractivity contribution >= 4 is 11.9 Å². The highest BCUT2D eigenvalue weighted by molar-refractivity contribution is 5.94. The van der Waals surface area contributed by atoms with E-state index in [2.05, 4.69) is 15.3 Å². The van der Waals surface area contributed by atoms with Crippen LogP contribution in [0.25, 0.3) is 0 Å². The first-order valence-electron chi connectivity index (χ1n) is 6.48. The van der Waals surface area contributed by atoms with Gasteiger partial charge in [0.1, 0.15) is 11.7 Å². The third-order valence-corrected chi connectivity index (χ3v) is 3.47. The first-order chi connectivity index (χ1) is 9.18. The average molecular weight is 263 g/mol. The van der Waals surface area contributed by atoms with E-state index in [0.29, 0.717) is 0 Å². The minimum Gasteiger partial charge on any atom is -0.480 e. The molecule has 0 unspecified atom stereocenters. The maximum atomic E-state index is 11.9. The number of nitrogens with zero attached hydrogens (tertiary/aromatic N) is 2. The summed E-state index contributed by atoms with van der Waals surface area (Å²) in [5, 5.41) is 11.8. The van der Waals surface area contributed by atoms with Gasteiger partial charge in [-0.05, 0) is 18.8 Å². The minimum absolute atomic E-state index is 0.00636. The van der Waals surface area contributed by atoms with Crippen LogP contribution in [-0.4, -0.2) is 33.0 Å². The van der Waals surface area contributed by atoms with Gasteiger partial charge in [-0.2, -0.15) is 0 Å². The molecule has 1 aliphatic rings. The number of aliphatic carboxylic acids is 1. The summed E-state index contributed by atoms with van der Waals surface area (Å²) >= 11 is 0. The zero-order valence-electron chi connectivity index (χ0n) is 10.6. The number of carbonyl (C=O) groups is 2. The molecule has 0 radical (unpaired) electrons. The van der Waals surface area contributed by atoms with Crippen LogP contribution in [0.15, 0.2) is 18.6 Å². The molecule has 6 nitrogen and oxygen atoms in total. The van der Waals surface area contributed by atoms with Crippen LogP contribution in [0.5, 0.6) is 0 Å². The van der Waals surface area contributed by atoms with Crippen molar-refractivity contribution in [2.45, 2.75) is 38.1 Å². The van der Waals surface area contributed by atoms with Crippen LogP contribution < -0.4 is 5.32 Å². The Bertz CT molecular complexity index is 444. The number of carbonyl (C=O) groups excluding carboxylic acids is 1. The molecule has 0 bridgehead atoms. The number of amides is 1. The number of hydrogen-bond acceptors (Lipinski definition) is 4. The van der Waals surface area contributed by atoms with Crippen molar-refractivity contribution < 1.29 is 14.7 Å². The van der Waals surface area contributed by atoms with Crippen LogP contribution in [0.3, 0.4) is 0 Å². The van der Waals surface area contributed by atoms with Crippen LogP contribution in [0.4, 0.5) is 0 Å². The number of hydrogen-bond donors (Lipinski definition) is 2. The van der Waals surface area contributed by atoms with E-state index in [1.54, 1.807) is 0 Å². The largest absolute Gasteiger partial charge is 0.480 e. The Kier molecular flexibility index (Phi) is 4.43. The number of nitrogens with one attached hydrogen (secondary N) is 1. The summed E-state index contributed by atoms with van der Waals surface area (Å²) in [6.07, 6.45) is 9.08. The maximum absolute atomic E-state index is 11.9. The smallest absolute Gasteiger partial charge is 0.326 e. The van der Waals surface area contributed by atoms with Crippen molar-refractivity contribution in [1.29, 1.82) is 0 Å². The second-order valence-corrected chi connectivity index (χ2v) is 4.78. The van der Waals surface area contributed by atoms with E-state index < -0.39 is 17.9 Å². The quantitative estimate of drug-likeness (QED) is 0.852. The lowest BCUT2D eigenvalue weighted by atomic mass is 9.84. The first-order valence-corrected chi connectivity index (χ1v) is 6.48. The standard InChI is InChI=1S/C13H17N3O3/c17-12(10-8-14-6-7-15-10)16-11(13(18)19)9-4-2-1-3-5-9/h6-9,11H,1-5H2,(H,16,17)(H,18,19)/t11-/m1/s1. The number of carboxylic acid groups (broad SMARTS) is 1. The van der Waals surface area contributed by atoms with Crippen molar-refractivity contribution in [3.05, 3.63) is 24.3 Å². The van der Waals surface area contributed by atoms with E-state index in [0.717, 1.165) is 32.1 Å². The molecule has 2 N–H and O–H groups in total. The zero-order chi connectivity index (χ0) is 13.7. The Labute approximate surface area is 111 Å². The first kappa shape index (κ1) is 13.5. The molecule has 1 amide bonds. The van der Waals surface area contributed by atoms with Gasteiger partial charge in [0.05, 0.1) is 6.20 Å². The minimum atomic E-state index is -0.982. The summed E-state index contributed by atoms with van der Waals surface area (Å²) in [5.74, 6) is -1.46. The number of rotatable bonds is 4. The molecular formula is C13H17N3O3. The fraction of sp³-hybridized carbons (Fsp3) is 0.538. The number of aromatic nitrogens is 2. The van der Waals surface area contributed by atoms with Gasteiger partial charge >= 0.3 is 5.97 Å². The zero-order valence-corrected chi connectivity index (χ0v) is 10.6. The average Bonchev–Trinajstić information content (AvgIpc) is 2.46. The van der Waals surface area contributed by atoms with Crippen LogP contribution in [0.2, 0.25) is 0 Å². The highest BCUT2D eigenvalue weighted by atomic mass is 16.4. The van der Waals surface area contributed by atoms with E-state index in [9.17, 15) is 14.7 Å². The van der Waals surface area contributed by atoms with Crippen LogP contribution >= 0.6 is 0 Å². The second kappa shape index (κ2) is 6.26. The van der Waals surface area contributed by atoms with E-state index in [4.69, 9.17) is 0 Å². The van der Waals surface area contributed by atoms with Crippen molar-refractivity contribution in [2.24, 2.45) is 5.92 Å². The fourth-order valence-electron chi connectivity index (χ4n) is 2.48. The summed E-state index contributed by atoms with van der Waals surface area (Å²) in [5.41, 5.74) is 0.143. The second-order valence-electron chi connectivity index (χ2n) is 4.78. The van der Waals surface area contributed by atoms with Gasteiger partial charge in [0.2, 0.25) is 0 Å². The van der Waals surface area contributed by atoms with Crippen LogP contribution in [-0.2, 0) is 4.79 Å². The monoisotopic (exact) mass is 263 g/mol. The highest BCUT2D eigenvalue weighted by Gasteiger charge is 2.31. The Morgan fingerprint density at radius 1 is 1.26 bits per heavy atom. The highest BCUT2D eigenvalue weighted by Crippen LogP contribution is 2.26. The Morgan fingerprint density at radius 2 is 2.00 bits per heavy atom. The molecule has 2 rings (SSSR count). The Balaban J connectivity index is 2.04. The third kappa shape index (κ3) is 3.49. The van der Waals surface area contributed by atoms with Crippen LogP contribution in [0, 0.1) is 5.92 Å². The lowest BCUT2D eigenvalue weighted by Crippen LogP contribution is -2.46. The van der Waals surface area contributed by atoms with E-state index in [-0.39, 0.29) is 11.6 Å². The van der Waals surface area contributed by atoms with Crippen molar-refractivity contribution in [3.63, 3.8) is 0 Å². The SMILES string of the molecule is O=C(N[C@@H](C(=O)O)C1CCCCC1)c1cnccn1. The summed E-state index contributed by atoms with van der Waals surface area (Å²) < 4.78 is 0.